The maximum absolute atomic E-state index is 11.8. The standard InChI is InChI=1S/C9H14N2O3S/c1-9(2)6(3-4-15(9,12)13)7-5-11-8(10)14-7/h5-6H,3-4H2,1-2H3,(H2,10,11). The van der Waals surface area contributed by atoms with Crippen LogP contribution in [0, 0.1) is 0 Å². The fraction of sp³-hybridized carbons (Fsp3) is 0.667. The summed E-state index contributed by atoms with van der Waals surface area (Å²) in [6, 6.07) is 0.0881. The summed E-state index contributed by atoms with van der Waals surface area (Å²) in [5.74, 6) is 0.622. The van der Waals surface area contributed by atoms with Crippen LogP contribution in [0.3, 0.4) is 0 Å². The highest BCUT2D eigenvalue weighted by Gasteiger charge is 2.49. The van der Waals surface area contributed by atoms with E-state index in [1.165, 1.54) is 6.20 Å². The average molecular weight is 230 g/mol. The van der Waals surface area contributed by atoms with Crippen molar-refractivity contribution in [2.24, 2.45) is 0 Å². The Kier molecular flexibility index (Phi) is 2.08. The van der Waals surface area contributed by atoms with Gasteiger partial charge in [-0.25, -0.2) is 13.4 Å². The Morgan fingerprint density at radius 1 is 1.60 bits per heavy atom. The number of oxazole rings is 1. The molecule has 0 saturated carbocycles. The molecule has 1 fully saturated rings. The summed E-state index contributed by atoms with van der Waals surface area (Å²) < 4.78 is 28.0. The fourth-order valence-electron chi connectivity index (χ4n) is 2.05. The molecule has 0 spiro atoms. The van der Waals surface area contributed by atoms with Gasteiger partial charge in [0.2, 0.25) is 0 Å². The predicted octanol–water partition coefficient (Wildman–Crippen LogP) is 0.938. The van der Waals surface area contributed by atoms with Gasteiger partial charge >= 0.3 is 0 Å². The molecule has 0 bridgehead atoms. The van der Waals surface area contributed by atoms with Gasteiger partial charge in [-0.15, -0.1) is 0 Å². The van der Waals surface area contributed by atoms with Gasteiger partial charge in [0.15, 0.2) is 9.84 Å². The van der Waals surface area contributed by atoms with Crippen molar-refractivity contribution >= 4 is 15.9 Å². The lowest BCUT2D eigenvalue weighted by Crippen LogP contribution is -2.32. The van der Waals surface area contributed by atoms with E-state index in [9.17, 15) is 8.42 Å². The quantitative estimate of drug-likeness (QED) is 0.775. The second-order valence-corrected chi connectivity index (χ2v) is 7.05. The van der Waals surface area contributed by atoms with Crippen LogP contribution in [0.4, 0.5) is 6.01 Å². The summed E-state index contributed by atoms with van der Waals surface area (Å²) in [5.41, 5.74) is 5.38. The molecule has 0 aliphatic carbocycles. The third-order valence-electron chi connectivity index (χ3n) is 3.20. The van der Waals surface area contributed by atoms with Crippen LogP contribution in [0.25, 0.3) is 0 Å². The number of rotatable bonds is 1. The van der Waals surface area contributed by atoms with E-state index in [0.717, 1.165) is 0 Å². The van der Waals surface area contributed by atoms with Crippen molar-refractivity contribution in [3.63, 3.8) is 0 Å². The second kappa shape index (κ2) is 2.98. The molecule has 0 aromatic carbocycles. The lowest BCUT2D eigenvalue weighted by Gasteiger charge is -2.23. The maximum Gasteiger partial charge on any atom is 0.292 e. The zero-order valence-electron chi connectivity index (χ0n) is 8.73. The zero-order chi connectivity index (χ0) is 11.3. The highest BCUT2D eigenvalue weighted by molar-refractivity contribution is 7.93. The van der Waals surface area contributed by atoms with Crippen LogP contribution in [0.15, 0.2) is 10.6 Å². The van der Waals surface area contributed by atoms with Crippen molar-refractivity contribution in [1.29, 1.82) is 0 Å². The Bertz CT molecular complexity index is 475. The predicted molar refractivity (Wildman–Crippen MR) is 56.1 cm³/mol. The maximum atomic E-state index is 11.8. The van der Waals surface area contributed by atoms with Crippen LogP contribution in [-0.4, -0.2) is 23.9 Å². The first-order valence-corrected chi connectivity index (χ1v) is 6.43. The minimum absolute atomic E-state index is 0.0881. The number of nitrogens with zero attached hydrogens (tertiary/aromatic N) is 1. The minimum atomic E-state index is -3.04. The van der Waals surface area contributed by atoms with Crippen molar-refractivity contribution in [2.75, 3.05) is 11.5 Å². The van der Waals surface area contributed by atoms with E-state index in [-0.39, 0.29) is 17.7 Å². The molecule has 1 unspecified atom stereocenters. The van der Waals surface area contributed by atoms with Gasteiger partial charge < -0.3 is 10.2 Å². The molecule has 84 valence electrons. The van der Waals surface area contributed by atoms with Gasteiger partial charge in [0.25, 0.3) is 6.01 Å². The van der Waals surface area contributed by atoms with Crippen molar-refractivity contribution < 1.29 is 12.8 Å². The van der Waals surface area contributed by atoms with E-state index in [4.69, 9.17) is 10.2 Å². The van der Waals surface area contributed by atoms with Crippen LogP contribution in [0.1, 0.15) is 31.9 Å². The van der Waals surface area contributed by atoms with E-state index < -0.39 is 14.6 Å². The first-order chi connectivity index (χ1) is 6.84. The molecular formula is C9H14N2O3S. The van der Waals surface area contributed by atoms with Gasteiger partial charge in [0.05, 0.1) is 16.7 Å². The van der Waals surface area contributed by atoms with Gasteiger partial charge in [-0.3, -0.25) is 0 Å². The molecular weight excluding hydrogens is 216 g/mol. The van der Waals surface area contributed by atoms with E-state index in [0.29, 0.717) is 12.2 Å². The first-order valence-electron chi connectivity index (χ1n) is 4.78. The SMILES string of the molecule is CC1(C)C(c2cnc(N)o2)CCS1(=O)=O. The van der Waals surface area contributed by atoms with Crippen molar-refractivity contribution in [3.8, 4) is 0 Å². The summed E-state index contributed by atoms with van der Waals surface area (Å²) in [5, 5.41) is 0. The normalized spacial score (nSPS) is 28.0. The van der Waals surface area contributed by atoms with Crippen LogP contribution >= 0.6 is 0 Å². The van der Waals surface area contributed by atoms with E-state index in [1.54, 1.807) is 13.8 Å². The Morgan fingerprint density at radius 3 is 2.67 bits per heavy atom. The zero-order valence-corrected chi connectivity index (χ0v) is 9.54. The van der Waals surface area contributed by atoms with Crippen LogP contribution in [0.5, 0.6) is 0 Å². The summed E-state index contributed by atoms with van der Waals surface area (Å²) >= 11 is 0. The van der Waals surface area contributed by atoms with Crippen LogP contribution in [-0.2, 0) is 9.84 Å². The lowest BCUT2D eigenvalue weighted by atomic mass is 9.91. The highest BCUT2D eigenvalue weighted by Crippen LogP contribution is 2.44. The number of aromatic nitrogens is 1. The Labute approximate surface area is 88.6 Å². The third-order valence-corrected chi connectivity index (χ3v) is 5.86. The Balaban J connectivity index is 2.42. The van der Waals surface area contributed by atoms with E-state index in [2.05, 4.69) is 4.98 Å². The van der Waals surface area contributed by atoms with Crippen LogP contribution in [0.2, 0.25) is 0 Å². The van der Waals surface area contributed by atoms with Gasteiger partial charge in [0, 0.05) is 5.92 Å². The number of hydrogen-bond acceptors (Lipinski definition) is 5. The van der Waals surface area contributed by atoms with Crippen molar-refractivity contribution in [3.05, 3.63) is 12.0 Å². The summed E-state index contributed by atoms with van der Waals surface area (Å²) in [4.78, 5) is 3.79. The smallest absolute Gasteiger partial charge is 0.292 e. The molecule has 1 aromatic heterocycles. The number of anilines is 1. The van der Waals surface area contributed by atoms with E-state index in [1.807, 2.05) is 0 Å². The van der Waals surface area contributed by atoms with Gasteiger partial charge in [-0.2, -0.15) is 0 Å². The lowest BCUT2D eigenvalue weighted by molar-refractivity contribution is 0.423. The number of hydrogen-bond donors (Lipinski definition) is 1. The highest BCUT2D eigenvalue weighted by atomic mass is 32.2. The number of sulfone groups is 1. The average Bonchev–Trinajstić information content (AvgIpc) is 2.58. The first kappa shape index (κ1) is 10.5. The molecule has 15 heavy (non-hydrogen) atoms. The third kappa shape index (κ3) is 1.43. The largest absolute Gasteiger partial charge is 0.429 e. The minimum Gasteiger partial charge on any atom is -0.429 e. The molecule has 0 radical (unpaired) electrons. The van der Waals surface area contributed by atoms with Crippen molar-refractivity contribution in [2.45, 2.75) is 30.9 Å². The van der Waals surface area contributed by atoms with Gasteiger partial charge in [0.1, 0.15) is 5.76 Å². The van der Waals surface area contributed by atoms with Gasteiger partial charge in [-0.05, 0) is 20.3 Å². The number of nitrogens with two attached hydrogens (primary N) is 1. The number of nitrogen functional groups attached to an aromatic ring is 1. The fourth-order valence-corrected chi connectivity index (χ4v) is 3.79. The van der Waals surface area contributed by atoms with Gasteiger partial charge in [-0.1, -0.05) is 0 Å². The Morgan fingerprint density at radius 2 is 2.27 bits per heavy atom. The molecule has 6 heteroatoms. The molecule has 1 saturated heterocycles. The molecule has 1 atom stereocenters. The molecule has 1 aliphatic heterocycles. The summed E-state index contributed by atoms with van der Waals surface area (Å²) in [6.45, 7) is 3.44. The second-order valence-electron chi connectivity index (χ2n) is 4.36. The summed E-state index contributed by atoms with van der Waals surface area (Å²) in [6.07, 6.45) is 2.09. The molecule has 2 rings (SSSR count). The Hall–Kier alpha value is -1.04. The van der Waals surface area contributed by atoms with Crippen molar-refractivity contribution in [1.82, 2.24) is 4.98 Å². The summed E-state index contributed by atoms with van der Waals surface area (Å²) in [7, 11) is -3.04. The van der Waals surface area contributed by atoms with Crippen LogP contribution < -0.4 is 5.73 Å². The molecule has 1 aromatic rings. The van der Waals surface area contributed by atoms with E-state index >= 15 is 0 Å². The molecule has 1 aliphatic rings. The monoisotopic (exact) mass is 230 g/mol. The topological polar surface area (TPSA) is 86.2 Å². The molecule has 2 N–H and O–H groups in total. The molecule has 5 nitrogen and oxygen atoms in total. The molecule has 0 amide bonds. The molecule has 2 heterocycles.